The van der Waals surface area contributed by atoms with Crippen LogP contribution in [0.15, 0.2) is 124 Å². The highest BCUT2D eigenvalue weighted by atomic mass is 33.1. The number of pyridine rings is 3. The van der Waals surface area contributed by atoms with Crippen molar-refractivity contribution in [3.05, 3.63) is 109 Å². The molecule has 79 heavy (non-hydrogen) atoms. The van der Waals surface area contributed by atoms with Gasteiger partial charge >= 0.3 is 12.2 Å². The predicted molar refractivity (Wildman–Crippen MR) is 326 cm³/mol. The molecule has 3 aliphatic heterocycles. The minimum atomic E-state index is -0.557. The van der Waals surface area contributed by atoms with Gasteiger partial charge < -0.3 is 49.9 Å². The van der Waals surface area contributed by atoms with E-state index in [0.29, 0.717) is 26.1 Å². The Bertz CT molecular complexity index is 2360. The quantitative estimate of drug-likeness (QED) is 0.0237. The van der Waals surface area contributed by atoms with Gasteiger partial charge in [-0.15, -0.1) is 0 Å². The fraction of sp³-hybridized carbons (Fsp3) is 0.554. The van der Waals surface area contributed by atoms with E-state index in [2.05, 4.69) is 51.6 Å². The molecule has 3 aliphatic rings. The summed E-state index contributed by atoms with van der Waals surface area (Å²) < 4.78 is 28.9. The number of carbonyl (C=O) groups excluding carboxylic acids is 4. The second-order valence-corrected chi connectivity index (χ2v) is 27.5. The minimum Gasteiger partial charge on any atom is -0.444 e. The zero-order chi connectivity index (χ0) is 57.6. The maximum absolute atomic E-state index is 12.7. The van der Waals surface area contributed by atoms with Gasteiger partial charge in [-0.25, -0.2) is 24.5 Å². The van der Waals surface area contributed by atoms with Gasteiger partial charge in [-0.05, 0) is 142 Å². The number of amides is 4. The molecule has 3 aromatic heterocycles. The molecule has 23 heteroatoms. The fourth-order valence-electron chi connectivity index (χ4n) is 7.60. The molecule has 17 nitrogen and oxygen atoms in total. The summed E-state index contributed by atoms with van der Waals surface area (Å²) in [4.78, 5) is 64.1. The van der Waals surface area contributed by atoms with Gasteiger partial charge in [0, 0.05) is 88.5 Å². The van der Waals surface area contributed by atoms with Crippen molar-refractivity contribution in [2.45, 2.75) is 143 Å². The molecule has 0 radical (unpaired) electrons. The summed E-state index contributed by atoms with van der Waals surface area (Å²) in [7, 11) is 15.4. The summed E-state index contributed by atoms with van der Waals surface area (Å²) >= 11 is 0. The van der Waals surface area contributed by atoms with Gasteiger partial charge in [-0.1, -0.05) is 81.3 Å². The molecule has 1 spiro atoms. The number of nitrogens with one attached hydrogen (secondary N) is 2. The molecule has 0 saturated carbocycles. The summed E-state index contributed by atoms with van der Waals surface area (Å²) in [6.07, 6.45) is 16.1. The molecule has 0 aromatic carbocycles. The fourth-order valence-corrected chi connectivity index (χ4v) is 13.3. The van der Waals surface area contributed by atoms with Crippen LogP contribution in [0.4, 0.5) is 9.59 Å². The van der Waals surface area contributed by atoms with Crippen LogP contribution in [0.2, 0.25) is 0 Å². The third-order valence-corrected chi connectivity index (χ3v) is 18.7. The minimum absolute atomic E-state index is 0.0319. The van der Waals surface area contributed by atoms with Gasteiger partial charge in [-0.3, -0.25) is 9.59 Å². The number of ether oxygens (including phenoxy) is 5. The third-order valence-electron chi connectivity index (χ3n) is 11.9. The molecule has 3 fully saturated rings. The Morgan fingerprint density at radius 3 is 1.90 bits per heavy atom. The largest absolute Gasteiger partial charge is 0.444 e. The first-order chi connectivity index (χ1) is 37.7. The van der Waals surface area contributed by atoms with E-state index in [1.807, 2.05) is 112 Å². The van der Waals surface area contributed by atoms with E-state index in [1.54, 1.807) is 98.4 Å². The Balaban J connectivity index is 0.000000351. The first-order valence-electron chi connectivity index (χ1n) is 26.4. The number of hydrogen-bond donors (Lipinski definition) is 3. The van der Waals surface area contributed by atoms with Crippen LogP contribution < -0.4 is 16.4 Å². The molecule has 4 amide bonds. The van der Waals surface area contributed by atoms with Gasteiger partial charge in [0.05, 0.1) is 49.1 Å². The summed E-state index contributed by atoms with van der Waals surface area (Å²) in [5.41, 5.74) is 5.88. The highest BCUT2D eigenvalue weighted by molar-refractivity contribution is 8.77. The zero-order valence-electron chi connectivity index (χ0n) is 47.3. The predicted octanol–water partition coefficient (Wildman–Crippen LogP) is 10.9. The number of hydrogen-bond acceptors (Lipinski definition) is 19. The topological polar surface area (TPSA) is 213 Å². The molecule has 0 aliphatic carbocycles. The van der Waals surface area contributed by atoms with Crippen molar-refractivity contribution in [2.24, 2.45) is 11.7 Å². The van der Waals surface area contributed by atoms with Gasteiger partial charge in [0.25, 0.3) is 0 Å². The Kier molecular flexibility index (Phi) is 31.3. The summed E-state index contributed by atoms with van der Waals surface area (Å²) in [5, 5.41) is 9.14. The Morgan fingerprint density at radius 1 is 0.835 bits per heavy atom. The number of allylic oxidation sites excluding steroid dienone is 2. The monoisotopic (exact) mass is 1200 g/mol. The van der Waals surface area contributed by atoms with Gasteiger partial charge in [0.2, 0.25) is 11.8 Å². The van der Waals surface area contributed by atoms with Crippen molar-refractivity contribution in [3.63, 3.8) is 0 Å². The van der Waals surface area contributed by atoms with Crippen LogP contribution >= 0.6 is 64.8 Å². The number of rotatable bonds is 25. The number of aromatic nitrogens is 3. The van der Waals surface area contributed by atoms with Crippen molar-refractivity contribution >= 4 is 88.8 Å². The summed E-state index contributed by atoms with van der Waals surface area (Å²) in [6.45, 7) is 16.4. The average Bonchev–Trinajstić information content (AvgIpc) is 4.16. The molecular weight excluding hydrogens is 1120 g/mol. The van der Waals surface area contributed by atoms with E-state index in [-0.39, 0.29) is 66.3 Å². The lowest BCUT2D eigenvalue weighted by molar-refractivity contribution is -0.125. The van der Waals surface area contributed by atoms with E-state index in [4.69, 9.17) is 29.4 Å². The number of epoxide rings is 1. The van der Waals surface area contributed by atoms with E-state index in [0.717, 1.165) is 63.7 Å². The van der Waals surface area contributed by atoms with Crippen molar-refractivity contribution in [2.75, 3.05) is 64.6 Å². The van der Waals surface area contributed by atoms with Crippen molar-refractivity contribution in [3.8, 4) is 0 Å². The molecule has 3 aromatic rings. The maximum atomic E-state index is 12.7. The molecule has 4 N–H and O–H groups in total. The Morgan fingerprint density at radius 2 is 1.39 bits per heavy atom. The third kappa shape index (κ3) is 29.1. The van der Waals surface area contributed by atoms with Crippen molar-refractivity contribution in [1.82, 2.24) is 35.4 Å². The first-order valence-corrected chi connectivity index (χ1v) is 33.4. The number of carbonyl (C=O) groups is 4. The summed E-state index contributed by atoms with van der Waals surface area (Å²) in [5.74, 6) is 2.29. The molecule has 3 saturated heterocycles. The molecule has 436 valence electrons. The lowest BCUT2D eigenvalue weighted by Gasteiger charge is -2.39. The van der Waals surface area contributed by atoms with Crippen LogP contribution in [0.1, 0.15) is 80.6 Å². The van der Waals surface area contributed by atoms with Crippen LogP contribution in [-0.2, 0) is 33.3 Å². The van der Waals surface area contributed by atoms with Crippen LogP contribution in [0.5, 0.6) is 0 Å². The van der Waals surface area contributed by atoms with Gasteiger partial charge in [-0.2, -0.15) is 0 Å². The average molecular weight is 1200 g/mol. The Hall–Kier alpha value is -3.91. The summed E-state index contributed by atoms with van der Waals surface area (Å²) in [6, 6.07) is 17.4. The second-order valence-electron chi connectivity index (χ2n) is 20.2. The lowest BCUT2D eigenvalue weighted by atomic mass is 9.88. The SMILES string of the molecule is CC(/C=C/[C@@H]1C[C@]2(CO2)C[C@@H](CC(N)=O)O1)=C\C[C@@H]1O[C@H](C)[C@H](NC(=O)/C=C\[C@H](C)OC(=O)N(C)CCSSc2ccccn2)C[C@@H]1C.CN(CCSSc1ccccn1)C(=O)OC(C)(C)C.CNCCSSc1ccccn1. The van der Waals surface area contributed by atoms with E-state index in [1.165, 1.54) is 11.0 Å². The van der Waals surface area contributed by atoms with E-state index < -0.39 is 17.8 Å². The van der Waals surface area contributed by atoms with E-state index >= 15 is 0 Å². The van der Waals surface area contributed by atoms with Crippen molar-refractivity contribution in [1.29, 1.82) is 0 Å². The lowest BCUT2D eigenvalue weighted by Crippen LogP contribution is -2.50. The molecule has 6 heterocycles. The zero-order valence-corrected chi connectivity index (χ0v) is 52.2. The molecule has 0 unspecified atom stereocenters. The first kappa shape index (κ1) is 67.6. The Labute approximate surface area is 492 Å². The number of primary amides is 1. The normalized spacial score (nSPS) is 22.2. The van der Waals surface area contributed by atoms with Crippen LogP contribution in [0, 0.1) is 5.92 Å². The molecule has 6 rings (SSSR count). The van der Waals surface area contributed by atoms with Gasteiger partial charge in [0.1, 0.15) is 26.8 Å². The number of nitrogens with two attached hydrogens (primary N) is 1. The standard InChI is InChI=1S/C35H50N4O7S2.C13H20N2O2S2.C8H12N2S2/c1-23(9-12-27-20-35(22-43-35)21-28(46-27)19-31(36)40)10-13-30-24(2)18-29(26(4)45-30)38-32(41)14-11-25(3)44-34(42)39(5)16-17-47-48-33-8-6-7-15-37-33;1-13(2,3)17-12(16)15(4)9-10-18-19-11-7-5-6-8-14-11;1-9-6-7-11-12-8-4-2-3-5-10-8/h6-12,14-15,24-30H,13,16-22H2,1-5H3,(H2,36,40)(H,38,41);5-8H,9-10H2,1-4H3;2-5,9H,6-7H2,1H3/b12-9+,14-11-,23-10+;;/t24-,25-,26+,27+,28+,29+,30-,35+;;/m0../s1. The maximum Gasteiger partial charge on any atom is 0.410 e. The highest BCUT2D eigenvalue weighted by Gasteiger charge is 2.51. The second kappa shape index (κ2) is 36.5. The van der Waals surface area contributed by atoms with E-state index in [9.17, 15) is 19.2 Å². The van der Waals surface area contributed by atoms with Crippen molar-refractivity contribution < 1.29 is 42.9 Å². The van der Waals surface area contributed by atoms with Crippen LogP contribution in [0.25, 0.3) is 0 Å². The number of nitrogens with zero attached hydrogens (tertiary/aromatic N) is 5. The highest BCUT2D eigenvalue weighted by Crippen LogP contribution is 2.43. The molecule has 0 bridgehead atoms. The van der Waals surface area contributed by atoms with Crippen LogP contribution in [-0.4, -0.2) is 161 Å². The van der Waals surface area contributed by atoms with Gasteiger partial charge in [0.15, 0.2) is 0 Å². The molecule has 8 atom stereocenters. The smallest absolute Gasteiger partial charge is 0.410 e. The van der Waals surface area contributed by atoms with Crippen LogP contribution in [0.3, 0.4) is 0 Å². The molecular formula is C56H82N8O9S6.